The van der Waals surface area contributed by atoms with Gasteiger partial charge in [0.1, 0.15) is 11.1 Å². The van der Waals surface area contributed by atoms with Crippen LogP contribution in [0.5, 0.6) is 0 Å². The fourth-order valence-corrected chi connectivity index (χ4v) is 7.02. The van der Waals surface area contributed by atoms with E-state index in [-0.39, 0.29) is 23.1 Å². The third kappa shape index (κ3) is 8.35. The maximum Gasteiger partial charge on any atom is 0.320 e. The first-order chi connectivity index (χ1) is 16.4. The predicted molar refractivity (Wildman–Crippen MR) is 144 cm³/mol. The number of allylic oxidation sites excluding steroid dienone is 9. The summed E-state index contributed by atoms with van der Waals surface area (Å²) in [5, 5.41) is 13.1. The van der Waals surface area contributed by atoms with Crippen LogP contribution in [0, 0.1) is 17.8 Å². The van der Waals surface area contributed by atoms with Gasteiger partial charge >= 0.3 is 5.97 Å². The van der Waals surface area contributed by atoms with Crippen LogP contribution in [0.15, 0.2) is 76.5 Å². The number of fused-ring (bicyclic) bond motifs is 1. The zero-order chi connectivity index (χ0) is 24.9. The van der Waals surface area contributed by atoms with E-state index in [0.717, 1.165) is 47.3 Å². The van der Waals surface area contributed by atoms with Crippen molar-refractivity contribution in [1.82, 2.24) is 0 Å². The molecule has 186 valence electrons. The second kappa shape index (κ2) is 15.1. The molecule has 0 bridgehead atoms. The maximum absolute atomic E-state index is 13.4. The summed E-state index contributed by atoms with van der Waals surface area (Å²) in [5.41, 5.74) is 1.59. The number of nitrogens with zero attached hydrogens (tertiary/aromatic N) is 1. The number of rotatable bonds is 13. The van der Waals surface area contributed by atoms with Gasteiger partial charge in [-0.05, 0) is 56.1 Å². The molecule has 1 saturated carbocycles. The molecular weight excluding hydrogens is 469 g/mol. The second-order valence-corrected chi connectivity index (χ2v) is 11.0. The predicted octanol–water partition coefficient (Wildman–Crippen LogP) is 7.61. The van der Waals surface area contributed by atoms with Crippen LogP contribution in [0.25, 0.3) is 0 Å². The third-order valence-electron chi connectivity index (χ3n) is 5.75. The number of hydrogen-bond acceptors (Lipinski definition) is 6. The molecule has 0 aromatic heterocycles. The first kappa shape index (κ1) is 28.2. The van der Waals surface area contributed by atoms with E-state index in [1.165, 1.54) is 6.08 Å². The Morgan fingerprint density at radius 1 is 1.41 bits per heavy atom. The van der Waals surface area contributed by atoms with Crippen LogP contribution in [-0.2, 0) is 9.53 Å². The summed E-state index contributed by atoms with van der Waals surface area (Å²) >= 11 is 3.28. The molecule has 2 rings (SSSR count). The fourth-order valence-electron chi connectivity index (χ4n) is 4.00. The lowest BCUT2D eigenvalue weighted by molar-refractivity contribution is -0.143. The van der Waals surface area contributed by atoms with E-state index in [9.17, 15) is 14.4 Å². The number of esters is 1. The van der Waals surface area contributed by atoms with E-state index in [1.54, 1.807) is 35.7 Å². The van der Waals surface area contributed by atoms with E-state index < -0.39 is 5.83 Å². The number of carbonyl (C=O) groups excluding carboxylic acids is 1. The standard InChI is InChI=1S/C27H36FNO3S2/c1-5-8-9-10-12-19(4)18-33-27-24-22(25(34-27)26(30)32-15-6-2)16-20(17-23(24)29-31)13-11-14-21(28)7-3/h5,7-9,11,13-14,19-20,22,25,31H,1,3,6,10,12,15-18H2,2,4H3/b9-8-,13-11+,21-14+,29-23+. The molecule has 0 spiro atoms. The summed E-state index contributed by atoms with van der Waals surface area (Å²) in [5.74, 6) is 0.741. The second-order valence-electron chi connectivity index (χ2n) is 8.56. The van der Waals surface area contributed by atoms with Crippen molar-refractivity contribution in [3.8, 4) is 0 Å². The number of carbonyl (C=O) groups is 1. The molecule has 4 unspecified atom stereocenters. The molecule has 0 aromatic rings. The summed E-state index contributed by atoms with van der Waals surface area (Å²) in [6, 6.07) is 0. The maximum atomic E-state index is 13.4. The molecule has 1 aliphatic heterocycles. The van der Waals surface area contributed by atoms with Crippen molar-refractivity contribution in [2.75, 3.05) is 12.4 Å². The number of halogens is 1. The molecule has 1 heterocycles. The quantitative estimate of drug-likeness (QED) is 0.121. The number of oxime groups is 1. The van der Waals surface area contributed by atoms with E-state index in [4.69, 9.17) is 4.74 Å². The van der Waals surface area contributed by atoms with Crippen molar-refractivity contribution in [3.05, 3.63) is 71.3 Å². The Morgan fingerprint density at radius 3 is 2.88 bits per heavy atom. The van der Waals surface area contributed by atoms with Crippen molar-refractivity contribution in [2.45, 2.75) is 51.2 Å². The Morgan fingerprint density at radius 2 is 2.21 bits per heavy atom. The van der Waals surface area contributed by atoms with E-state index >= 15 is 0 Å². The average Bonchev–Trinajstić information content (AvgIpc) is 3.21. The van der Waals surface area contributed by atoms with E-state index in [0.29, 0.717) is 24.7 Å². The Hall–Kier alpha value is -1.99. The smallest absolute Gasteiger partial charge is 0.320 e. The highest BCUT2D eigenvalue weighted by Crippen LogP contribution is 2.53. The highest BCUT2D eigenvalue weighted by molar-refractivity contribution is 8.23. The van der Waals surface area contributed by atoms with Gasteiger partial charge in [-0.3, -0.25) is 4.79 Å². The van der Waals surface area contributed by atoms with Gasteiger partial charge in [-0.1, -0.05) is 62.5 Å². The van der Waals surface area contributed by atoms with E-state index in [2.05, 4.69) is 31.3 Å². The summed E-state index contributed by atoms with van der Waals surface area (Å²) in [6.45, 7) is 11.7. The average molecular weight is 506 g/mol. The minimum Gasteiger partial charge on any atom is -0.465 e. The van der Waals surface area contributed by atoms with Crippen molar-refractivity contribution in [2.24, 2.45) is 22.9 Å². The third-order valence-corrected chi connectivity index (χ3v) is 8.81. The zero-order valence-corrected chi connectivity index (χ0v) is 21.8. The SMILES string of the molecule is C=C/C=C\CCC(C)CSC1=C2/C(=N/O)CC(/C=C/C=C(/F)C=C)CC2C(C(=O)OCCC)S1. The highest BCUT2D eigenvalue weighted by atomic mass is 32.2. The van der Waals surface area contributed by atoms with Crippen LogP contribution in [0.4, 0.5) is 4.39 Å². The van der Waals surface area contributed by atoms with Gasteiger partial charge in [0.05, 0.1) is 12.3 Å². The number of thioether (sulfide) groups is 2. The van der Waals surface area contributed by atoms with Gasteiger partial charge in [0.2, 0.25) is 0 Å². The van der Waals surface area contributed by atoms with Gasteiger partial charge in [0.15, 0.2) is 0 Å². The lowest BCUT2D eigenvalue weighted by Gasteiger charge is -2.30. The van der Waals surface area contributed by atoms with Crippen LogP contribution in [0.1, 0.15) is 46.0 Å². The summed E-state index contributed by atoms with van der Waals surface area (Å²) < 4.78 is 20.0. The zero-order valence-electron chi connectivity index (χ0n) is 20.1. The fraction of sp³-hybridized carbons (Fsp3) is 0.481. The lowest BCUT2D eigenvalue weighted by atomic mass is 9.75. The normalized spacial score (nSPS) is 25.2. The molecule has 4 nitrogen and oxygen atoms in total. The van der Waals surface area contributed by atoms with Crippen LogP contribution >= 0.6 is 23.5 Å². The molecular formula is C27H36FNO3S2. The molecule has 0 radical (unpaired) electrons. The largest absolute Gasteiger partial charge is 0.465 e. The van der Waals surface area contributed by atoms with Gasteiger partial charge in [-0.15, -0.1) is 23.5 Å². The van der Waals surface area contributed by atoms with Crippen LogP contribution < -0.4 is 0 Å². The number of ether oxygens (including phenoxy) is 1. The van der Waals surface area contributed by atoms with Gasteiger partial charge in [-0.2, -0.15) is 0 Å². The summed E-state index contributed by atoms with van der Waals surface area (Å²) in [4.78, 5) is 12.9. The first-order valence-corrected chi connectivity index (χ1v) is 13.7. The number of hydrogen-bond donors (Lipinski definition) is 1. The molecule has 0 saturated heterocycles. The summed E-state index contributed by atoms with van der Waals surface area (Å²) in [6.07, 6.45) is 16.1. The van der Waals surface area contributed by atoms with Crippen LogP contribution in [-0.4, -0.2) is 34.5 Å². The molecule has 34 heavy (non-hydrogen) atoms. The van der Waals surface area contributed by atoms with Crippen LogP contribution in [0.2, 0.25) is 0 Å². The monoisotopic (exact) mass is 505 g/mol. The minimum absolute atomic E-state index is 0.0375. The van der Waals surface area contributed by atoms with E-state index in [1.807, 2.05) is 19.1 Å². The Kier molecular flexibility index (Phi) is 12.5. The molecule has 1 N–H and O–H groups in total. The highest BCUT2D eigenvalue weighted by Gasteiger charge is 2.46. The summed E-state index contributed by atoms with van der Waals surface area (Å²) in [7, 11) is 0. The lowest BCUT2D eigenvalue weighted by Crippen LogP contribution is -2.34. The van der Waals surface area contributed by atoms with Crippen molar-refractivity contribution < 1.29 is 19.1 Å². The molecule has 7 heteroatoms. The Bertz CT molecular complexity index is 875. The Balaban J connectivity index is 2.20. The molecule has 1 aliphatic carbocycles. The molecule has 1 fully saturated rings. The van der Waals surface area contributed by atoms with Gasteiger partial charge < -0.3 is 9.94 Å². The van der Waals surface area contributed by atoms with Gasteiger partial charge in [0, 0.05) is 21.5 Å². The first-order valence-electron chi connectivity index (χ1n) is 11.8. The van der Waals surface area contributed by atoms with Gasteiger partial charge in [-0.25, -0.2) is 4.39 Å². The Labute approximate surface area is 211 Å². The van der Waals surface area contributed by atoms with Crippen molar-refractivity contribution >= 4 is 35.2 Å². The molecule has 2 aliphatic rings. The van der Waals surface area contributed by atoms with Crippen LogP contribution in [0.3, 0.4) is 0 Å². The molecule has 0 aromatic carbocycles. The molecule has 4 atom stereocenters. The molecule has 0 amide bonds. The van der Waals surface area contributed by atoms with Crippen molar-refractivity contribution in [1.29, 1.82) is 0 Å². The van der Waals surface area contributed by atoms with Crippen molar-refractivity contribution in [3.63, 3.8) is 0 Å². The minimum atomic E-state index is -0.408. The topological polar surface area (TPSA) is 58.9 Å². The van der Waals surface area contributed by atoms with Gasteiger partial charge in [0.25, 0.3) is 0 Å².